The van der Waals surface area contributed by atoms with Crippen molar-refractivity contribution in [3.05, 3.63) is 33.8 Å². The van der Waals surface area contributed by atoms with Crippen molar-refractivity contribution in [3.8, 4) is 0 Å². The van der Waals surface area contributed by atoms with Crippen molar-refractivity contribution >= 4 is 95.5 Å². The molecule has 0 saturated heterocycles. The Balaban J connectivity index is 2.10. The molecular formula is C22H27N3O5S6. The molecule has 2 atom stereocenters. The van der Waals surface area contributed by atoms with Gasteiger partial charge in [0, 0.05) is 23.6 Å². The van der Waals surface area contributed by atoms with Gasteiger partial charge >= 0.3 is 0 Å². The summed E-state index contributed by atoms with van der Waals surface area (Å²) in [6, 6.07) is -0.222. The number of rotatable bonds is 8. The molecular weight excluding hydrogens is 579 g/mol. The van der Waals surface area contributed by atoms with Gasteiger partial charge in [-0.2, -0.15) is 0 Å². The maximum atomic E-state index is 13.4. The first-order valence-electron chi connectivity index (χ1n) is 11.2. The number of hydrogen-bond acceptors (Lipinski definition) is 12. The average molecular weight is 606 g/mol. The molecule has 36 heavy (non-hydrogen) atoms. The third-order valence-electron chi connectivity index (χ3n) is 5.51. The van der Waals surface area contributed by atoms with Crippen LogP contribution < -0.4 is 11.1 Å². The molecule has 2 heterocycles. The molecule has 0 saturated carbocycles. The normalized spacial score (nSPS) is 18.6. The molecule has 196 valence electrons. The molecule has 3 N–H and O–H groups in total. The lowest BCUT2D eigenvalue weighted by atomic mass is 9.90. The van der Waals surface area contributed by atoms with E-state index in [0.717, 1.165) is 5.69 Å². The molecule has 1 aromatic rings. The zero-order valence-electron chi connectivity index (χ0n) is 20.2. The molecule has 0 radical (unpaired) electrons. The number of fused-ring (bicyclic) bond motifs is 3. The van der Waals surface area contributed by atoms with Gasteiger partial charge in [-0.3, -0.25) is 9.59 Å². The lowest BCUT2D eigenvalue weighted by molar-refractivity contribution is 0.0967. The molecule has 0 bridgehead atoms. The van der Waals surface area contributed by atoms with E-state index in [9.17, 15) is 9.59 Å². The average Bonchev–Trinajstić information content (AvgIpc) is 3.33. The van der Waals surface area contributed by atoms with Crippen LogP contribution >= 0.6 is 70.0 Å². The van der Waals surface area contributed by atoms with E-state index in [1.807, 2.05) is 25.3 Å². The predicted molar refractivity (Wildman–Crippen MR) is 159 cm³/mol. The van der Waals surface area contributed by atoms with E-state index in [1.54, 1.807) is 6.92 Å². The van der Waals surface area contributed by atoms with Gasteiger partial charge in [0.05, 0.1) is 42.4 Å². The molecule has 2 aliphatic rings. The monoisotopic (exact) mass is 605 g/mol. The maximum Gasteiger partial charge on any atom is 0.256 e. The van der Waals surface area contributed by atoms with Crippen molar-refractivity contribution in [1.82, 2.24) is 9.88 Å². The van der Waals surface area contributed by atoms with Gasteiger partial charge in [0.1, 0.15) is 5.69 Å². The quantitative estimate of drug-likeness (QED) is 0.317. The Hall–Kier alpha value is -1.32. The molecule has 1 aliphatic heterocycles. The van der Waals surface area contributed by atoms with Gasteiger partial charge in [0.15, 0.2) is 0 Å². The summed E-state index contributed by atoms with van der Waals surface area (Å²) in [5.41, 5.74) is 8.48. The fraction of sp³-hybridized carbons (Fsp3) is 0.500. The molecule has 1 aromatic heterocycles. The first kappa shape index (κ1) is 29.2. The number of thioether (sulfide) groups is 1. The number of ketones is 2. The van der Waals surface area contributed by atoms with Gasteiger partial charge in [-0.1, -0.05) is 22.6 Å². The van der Waals surface area contributed by atoms with Crippen LogP contribution in [0.5, 0.6) is 0 Å². The maximum absolute atomic E-state index is 13.4. The summed E-state index contributed by atoms with van der Waals surface area (Å²) in [6.45, 7) is 8.87. The zero-order valence-corrected chi connectivity index (χ0v) is 25.1. The lowest BCUT2D eigenvalue weighted by Gasteiger charge is -2.23. The van der Waals surface area contributed by atoms with Gasteiger partial charge in [-0.15, -0.1) is 0 Å². The summed E-state index contributed by atoms with van der Waals surface area (Å²) in [5, 5.41) is 3.29. The summed E-state index contributed by atoms with van der Waals surface area (Å²) in [4.78, 5) is 26.7. The Kier molecular flexibility index (Phi) is 10.5. The van der Waals surface area contributed by atoms with E-state index >= 15 is 0 Å². The summed E-state index contributed by atoms with van der Waals surface area (Å²) < 4.78 is 19.0. The van der Waals surface area contributed by atoms with Crippen LogP contribution in [-0.2, 0) is 26.5 Å². The number of hydrogen-bond donors (Lipinski definition) is 2. The van der Waals surface area contributed by atoms with Crippen LogP contribution in [0.1, 0.15) is 65.0 Å². The van der Waals surface area contributed by atoms with Gasteiger partial charge in [0.2, 0.25) is 20.3 Å². The van der Waals surface area contributed by atoms with Crippen molar-refractivity contribution in [2.45, 2.75) is 51.3 Å². The van der Waals surface area contributed by atoms with Crippen LogP contribution in [0.15, 0.2) is 11.3 Å². The zero-order chi connectivity index (χ0) is 26.6. The summed E-state index contributed by atoms with van der Waals surface area (Å²) >= 11 is 17.3. The SMILES string of the molecule is CCOC(=S)N[C@@H]1Cn2c3c(c(CSC(=S)OCC)c2[C@@H]1SSC(=S)OCC)C(=O)C(N)=C(C)C3=O. The molecule has 3 rings (SSSR count). The Bertz CT molecular complexity index is 1130. The standard InChI is InChI=1S/C22H27N3O5S6/c1-5-28-20(31)24-12-8-25-15(19(12)35-36-22(33)30-7-3)11(9-34-21(32)29-6-2)13-16(25)17(26)10(4)14(23)18(13)27/h12,19H,5-9,23H2,1-4H3,(H,24,31)/t12-,19-/m1/s1. The van der Waals surface area contributed by atoms with Crippen molar-refractivity contribution in [2.24, 2.45) is 5.73 Å². The van der Waals surface area contributed by atoms with Crippen LogP contribution in [0.2, 0.25) is 0 Å². The van der Waals surface area contributed by atoms with E-state index < -0.39 is 0 Å². The summed E-state index contributed by atoms with van der Waals surface area (Å²) in [7, 11) is 2.80. The Morgan fingerprint density at radius 3 is 2.33 bits per heavy atom. The first-order chi connectivity index (χ1) is 17.2. The van der Waals surface area contributed by atoms with Crippen LogP contribution in [0, 0.1) is 0 Å². The molecule has 8 nitrogen and oxygen atoms in total. The number of carbonyl (C=O) groups is 2. The van der Waals surface area contributed by atoms with Crippen LogP contribution in [0.3, 0.4) is 0 Å². The van der Waals surface area contributed by atoms with Crippen molar-refractivity contribution in [2.75, 3.05) is 19.8 Å². The van der Waals surface area contributed by atoms with Gasteiger partial charge < -0.3 is 29.8 Å². The molecule has 0 fully saturated rings. The minimum Gasteiger partial charge on any atom is -0.479 e. The first-order valence-corrected chi connectivity index (χ1v) is 15.6. The Morgan fingerprint density at radius 2 is 1.69 bits per heavy atom. The van der Waals surface area contributed by atoms with E-state index in [4.69, 9.17) is 56.6 Å². The fourth-order valence-electron chi connectivity index (χ4n) is 4.00. The highest BCUT2D eigenvalue weighted by molar-refractivity contribution is 8.83. The Labute approximate surface area is 238 Å². The predicted octanol–water partition coefficient (Wildman–Crippen LogP) is 4.69. The molecule has 1 aliphatic carbocycles. The molecule has 0 spiro atoms. The number of allylic oxidation sites excluding steroid dienone is 2. The third-order valence-corrected chi connectivity index (χ3v) is 10.2. The van der Waals surface area contributed by atoms with Crippen molar-refractivity contribution in [3.63, 3.8) is 0 Å². The Morgan fingerprint density at radius 1 is 1.06 bits per heavy atom. The van der Waals surface area contributed by atoms with Crippen molar-refractivity contribution in [1.29, 1.82) is 0 Å². The largest absolute Gasteiger partial charge is 0.479 e. The smallest absolute Gasteiger partial charge is 0.256 e. The molecule has 0 unspecified atom stereocenters. The number of ether oxygens (including phenoxy) is 3. The van der Waals surface area contributed by atoms with Gasteiger partial charge in [-0.25, -0.2) is 0 Å². The van der Waals surface area contributed by atoms with Crippen LogP contribution in [0.4, 0.5) is 0 Å². The number of thiocarbonyl (C=S) groups is 3. The van der Waals surface area contributed by atoms with Gasteiger partial charge in [-0.05, 0) is 80.7 Å². The molecule has 0 amide bonds. The van der Waals surface area contributed by atoms with E-state index in [2.05, 4.69) is 5.32 Å². The highest BCUT2D eigenvalue weighted by Gasteiger charge is 2.45. The number of carbonyl (C=O) groups excluding carboxylic acids is 2. The number of nitrogens with one attached hydrogen (secondary N) is 1. The highest BCUT2D eigenvalue weighted by Crippen LogP contribution is 2.50. The highest BCUT2D eigenvalue weighted by atomic mass is 33.1. The minimum atomic E-state index is -0.350. The van der Waals surface area contributed by atoms with Gasteiger partial charge in [0.25, 0.3) is 5.17 Å². The van der Waals surface area contributed by atoms with Crippen LogP contribution in [0.25, 0.3) is 0 Å². The topological polar surface area (TPSA) is 105 Å². The molecule has 14 heteroatoms. The summed E-state index contributed by atoms with van der Waals surface area (Å²) in [5.74, 6) is -0.270. The number of aromatic nitrogens is 1. The number of Topliss-reactive ketones (excluding diaryl/α,β-unsaturated/α-hetero) is 2. The van der Waals surface area contributed by atoms with Crippen molar-refractivity contribution < 1.29 is 23.8 Å². The fourth-order valence-corrected chi connectivity index (χ4v) is 8.16. The summed E-state index contributed by atoms with van der Waals surface area (Å²) in [6.07, 6.45) is 0. The second-order valence-corrected chi connectivity index (χ2v) is 12.5. The lowest BCUT2D eigenvalue weighted by Crippen LogP contribution is -2.38. The molecule has 0 aromatic carbocycles. The number of nitrogens with two attached hydrogens (primary N) is 1. The second kappa shape index (κ2) is 13.0. The second-order valence-electron chi connectivity index (χ2n) is 7.62. The number of nitrogens with zero attached hydrogens (tertiary/aromatic N) is 1. The van der Waals surface area contributed by atoms with E-state index in [1.165, 1.54) is 33.3 Å². The third kappa shape index (κ3) is 6.04. The van der Waals surface area contributed by atoms with Crippen LogP contribution in [-0.4, -0.2) is 55.9 Å². The van der Waals surface area contributed by atoms with E-state index in [-0.39, 0.29) is 39.3 Å². The minimum absolute atomic E-state index is 0.0290. The van der Waals surface area contributed by atoms with E-state index in [0.29, 0.717) is 57.7 Å².